The van der Waals surface area contributed by atoms with E-state index in [-0.39, 0.29) is 17.2 Å². The summed E-state index contributed by atoms with van der Waals surface area (Å²) < 4.78 is 23.9. The highest BCUT2D eigenvalue weighted by molar-refractivity contribution is 6.39. The quantitative estimate of drug-likeness (QED) is 0.172. The summed E-state index contributed by atoms with van der Waals surface area (Å²) >= 11 is 5.84. The molecule has 3 aromatic rings. The van der Waals surface area contributed by atoms with Gasteiger partial charge in [-0.15, -0.1) is 0 Å². The Morgan fingerprint density at radius 2 is 1.68 bits per heavy atom. The minimum atomic E-state index is -1.01. The van der Waals surface area contributed by atoms with Gasteiger partial charge in [-0.25, -0.2) is 14.6 Å². The van der Waals surface area contributed by atoms with E-state index in [1.165, 1.54) is 24.4 Å². The third-order valence-corrected chi connectivity index (χ3v) is 4.49. The Hall–Kier alpha value is -4.24. The van der Waals surface area contributed by atoms with Crippen LogP contribution >= 0.6 is 11.6 Å². The van der Waals surface area contributed by atoms with Crippen molar-refractivity contribution in [2.75, 3.05) is 11.9 Å². The average Bonchev–Trinajstić information content (AvgIpc) is 2.82. The molecule has 10 heteroatoms. The summed E-state index contributed by atoms with van der Waals surface area (Å²) in [6, 6.07) is 15.8. The van der Waals surface area contributed by atoms with E-state index in [0.29, 0.717) is 22.8 Å². The predicted molar refractivity (Wildman–Crippen MR) is 125 cm³/mol. The summed E-state index contributed by atoms with van der Waals surface area (Å²) in [5, 5.41) is 6.56. The molecule has 174 valence electrons. The molecule has 34 heavy (non-hydrogen) atoms. The predicted octanol–water partition coefficient (Wildman–Crippen LogP) is 4.19. The zero-order valence-corrected chi connectivity index (χ0v) is 18.6. The Bertz CT molecular complexity index is 1210. The minimum absolute atomic E-state index is 0.196. The Kier molecular flexibility index (Phi) is 8.31. The Morgan fingerprint density at radius 3 is 2.35 bits per heavy atom. The van der Waals surface area contributed by atoms with Crippen molar-refractivity contribution in [3.05, 3.63) is 88.7 Å². The number of esters is 1. The van der Waals surface area contributed by atoms with Crippen molar-refractivity contribution in [1.29, 1.82) is 0 Å². The van der Waals surface area contributed by atoms with Crippen LogP contribution in [0.15, 0.2) is 71.8 Å². The van der Waals surface area contributed by atoms with Gasteiger partial charge < -0.3 is 14.8 Å². The van der Waals surface area contributed by atoms with E-state index in [2.05, 4.69) is 15.8 Å². The largest absolute Gasteiger partial charge is 0.490 e. The van der Waals surface area contributed by atoms with E-state index >= 15 is 0 Å². The van der Waals surface area contributed by atoms with Crippen LogP contribution in [0, 0.1) is 5.82 Å². The lowest BCUT2D eigenvalue weighted by Crippen LogP contribution is -2.32. The Morgan fingerprint density at radius 1 is 0.971 bits per heavy atom. The van der Waals surface area contributed by atoms with Gasteiger partial charge in [0.2, 0.25) is 0 Å². The van der Waals surface area contributed by atoms with E-state index in [1.54, 1.807) is 43.3 Å². The molecule has 0 spiro atoms. The molecule has 0 aromatic heterocycles. The highest BCUT2D eigenvalue weighted by Gasteiger charge is 2.14. The van der Waals surface area contributed by atoms with Gasteiger partial charge in [0.05, 0.1) is 18.4 Å². The number of carbonyl (C=O) groups excluding carboxylic acids is 3. The van der Waals surface area contributed by atoms with Crippen LogP contribution in [0.4, 0.5) is 10.1 Å². The SMILES string of the molecule is CCOc1cc(C=NNC(=O)C(=O)Nc2ccc(F)cc2)ccc1OC(=O)c1ccc(Cl)cc1. The van der Waals surface area contributed by atoms with Crippen molar-refractivity contribution in [3.63, 3.8) is 0 Å². The maximum Gasteiger partial charge on any atom is 0.343 e. The smallest absolute Gasteiger partial charge is 0.343 e. The molecular formula is C24H19ClFN3O5. The number of nitrogens with one attached hydrogen (secondary N) is 2. The van der Waals surface area contributed by atoms with Crippen molar-refractivity contribution in [2.24, 2.45) is 5.10 Å². The molecule has 0 bridgehead atoms. The monoisotopic (exact) mass is 483 g/mol. The number of nitrogens with zero attached hydrogens (tertiary/aromatic N) is 1. The number of halogens is 2. The summed E-state index contributed by atoms with van der Waals surface area (Å²) in [5.74, 6) is -2.55. The lowest BCUT2D eigenvalue weighted by Gasteiger charge is -2.11. The first-order valence-electron chi connectivity index (χ1n) is 10.00. The van der Waals surface area contributed by atoms with Crippen molar-refractivity contribution < 1.29 is 28.2 Å². The van der Waals surface area contributed by atoms with Crippen LogP contribution < -0.4 is 20.2 Å². The van der Waals surface area contributed by atoms with Gasteiger partial charge in [-0.2, -0.15) is 5.10 Å². The first-order valence-corrected chi connectivity index (χ1v) is 10.4. The molecule has 0 aliphatic carbocycles. The Labute approximate surface area is 199 Å². The number of hydrogen-bond acceptors (Lipinski definition) is 6. The molecule has 3 aromatic carbocycles. The number of rotatable bonds is 7. The maximum atomic E-state index is 12.9. The number of hydrogen-bond donors (Lipinski definition) is 2. The van der Waals surface area contributed by atoms with Gasteiger partial charge in [0.25, 0.3) is 0 Å². The standard InChI is InChI=1S/C24H19ClFN3O5/c1-2-33-21-13-15(3-12-20(21)34-24(32)16-4-6-17(25)7-5-16)14-27-29-23(31)22(30)28-19-10-8-18(26)9-11-19/h3-14H,2H2,1H3,(H,28,30)(H,29,31). The molecule has 2 amide bonds. The van der Waals surface area contributed by atoms with Crippen LogP contribution in [-0.4, -0.2) is 30.6 Å². The van der Waals surface area contributed by atoms with Crippen LogP contribution in [0.5, 0.6) is 11.5 Å². The molecule has 3 rings (SSSR count). The highest BCUT2D eigenvalue weighted by atomic mass is 35.5. The van der Waals surface area contributed by atoms with Crippen LogP contribution in [0.1, 0.15) is 22.8 Å². The number of anilines is 1. The van der Waals surface area contributed by atoms with E-state index in [0.717, 1.165) is 12.1 Å². The van der Waals surface area contributed by atoms with Crippen LogP contribution in [0.2, 0.25) is 5.02 Å². The molecular weight excluding hydrogens is 465 g/mol. The number of hydrazone groups is 1. The molecule has 0 radical (unpaired) electrons. The number of carbonyl (C=O) groups is 3. The third-order valence-electron chi connectivity index (χ3n) is 4.24. The fourth-order valence-corrected chi connectivity index (χ4v) is 2.77. The summed E-state index contributed by atoms with van der Waals surface area (Å²) in [7, 11) is 0. The topological polar surface area (TPSA) is 106 Å². The first-order chi connectivity index (χ1) is 16.4. The van der Waals surface area contributed by atoms with Crippen molar-refractivity contribution in [2.45, 2.75) is 6.92 Å². The van der Waals surface area contributed by atoms with Crippen LogP contribution in [0.25, 0.3) is 0 Å². The van der Waals surface area contributed by atoms with E-state index < -0.39 is 23.6 Å². The normalized spacial score (nSPS) is 10.6. The number of benzene rings is 3. The molecule has 0 saturated heterocycles. The highest BCUT2D eigenvalue weighted by Crippen LogP contribution is 2.29. The minimum Gasteiger partial charge on any atom is -0.490 e. The molecule has 2 N–H and O–H groups in total. The van der Waals surface area contributed by atoms with Gasteiger partial charge in [0.15, 0.2) is 11.5 Å². The number of amides is 2. The Balaban J connectivity index is 1.62. The lowest BCUT2D eigenvalue weighted by atomic mass is 10.2. The maximum absolute atomic E-state index is 12.9. The van der Waals surface area contributed by atoms with Gasteiger partial charge in [-0.05, 0) is 79.2 Å². The molecule has 0 heterocycles. The summed E-state index contributed by atoms with van der Waals surface area (Å²) in [6.07, 6.45) is 1.29. The molecule has 0 saturated carbocycles. The van der Waals surface area contributed by atoms with Gasteiger partial charge in [0, 0.05) is 10.7 Å². The second-order valence-electron chi connectivity index (χ2n) is 6.70. The molecule has 0 aliphatic heterocycles. The van der Waals surface area contributed by atoms with Crippen LogP contribution in [-0.2, 0) is 9.59 Å². The van der Waals surface area contributed by atoms with Crippen molar-refractivity contribution in [1.82, 2.24) is 5.43 Å². The summed E-state index contributed by atoms with van der Waals surface area (Å²) in [5.41, 5.74) is 3.18. The van der Waals surface area contributed by atoms with Crippen molar-refractivity contribution in [3.8, 4) is 11.5 Å². The third kappa shape index (κ3) is 6.88. The average molecular weight is 484 g/mol. The van der Waals surface area contributed by atoms with Crippen LogP contribution in [0.3, 0.4) is 0 Å². The molecule has 0 aliphatic rings. The molecule has 0 unspecified atom stereocenters. The van der Waals surface area contributed by atoms with E-state index in [9.17, 15) is 18.8 Å². The fraction of sp³-hybridized carbons (Fsp3) is 0.0833. The van der Waals surface area contributed by atoms with Gasteiger partial charge in [0.1, 0.15) is 5.82 Å². The van der Waals surface area contributed by atoms with Gasteiger partial charge >= 0.3 is 17.8 Å². The van der Waals surface area contributed by atoms with Gasteiger partial charge in [-0.1, -0.05) is 11.6 Å². The second kappa shape index (κ2) is 11.6. The molecule has 0 fully saturated rings. The van der Waals surface area contributed by atoms with Crippen molar-refractivity contribution >= 4 is 41.3 Å². The lowest BCUT2D eigenvalue weighted by molar-refractivity contribution is -0.136. The molecule has 0 atom stereocenters. The zero-order chi connectivity index (χ0) is 24.5. The van der Waals surface area contributed by atoms with Gasteiger partial charge in [-0.3, -0.25) is 9.59 Å². The first kappa shape index (κ1) is 24.4. The summed E-state index contributed by atoms with van der Waals surface area (Å²) in [4.78, 5) is 36.2. The van der Waals surface area contributed by atoms with E-state index in [4.69, 9.17) is 21.1 Å². The van der Waals surface area contributed by atoms with E-state index in [1.807, 2.05) is 0 Å². The zero-order valence-electron chi connectivity index (χ0n) is 17.9. The fourth-order valence-electron chi connectivity index (χ4n) is 2.64. The number of ether oxygens (including phenoxy) is 2. The molecule has 8 nitrogen and oxygen atoms in total. The second-order valence-corrected chi connectivity index (χ2v) is 7.13. The summed E-state index contributed by atoms with van der Waals surface area (Å²) in [6.45, 7) is 2.08.